The van der Waals surface area contributed by atoms with E-state index in [4.69, 9.17) is 4.74 Å². The first-order valence-electron chi connectivity index (χ1n) is 6.85. The summed E-state index contributed by atoms with van der Waals surface area (Å²) >= 11 is 1.69. The maximum atomic E-state index is 12.3. The first-order valence-corrected chi connectivity index (χ1v) is 8.07. The summed E-state index contributed by atoms with van der Waals surface area (Å²) in [7, 11) is 0. The van der Waals surface area contributed by atoms with E-state index >= 15 is 0 Å². The van der Waals surface area contributed by atoms with Gasteiger partial charge in [-0.25, -0.2) is 9.97 Å². The maximum Gasteiger partial charge on any atom is 0.262 e. The number of benzene rings is 1. The summed E-state index contributed by atoms with van der Waals surface area (Å²) in [5.41, 5.74) is 0.372. The van der Waals surface area contributed by atoms with Crippen molar-refractivity contribution >= 4 is 22.8 Å². The molecule has 1 aromatic carbocycles. The van der Waals surface area contributed by atoms with E-state index in [1.807, 2.05) is 30.5 Å². The van der Waals surface area contributed by atoms with Crippen LogP contribution in [0.4, 0.5) is 0 Å². The topological polar surface area (TPSA) is 57.0 Å². The fourth-order valence-corrected chi connectivity index (χ4v) is 2.50. The number of hydrogen-bond donors (Lipinski definition) is 0. The van der Waals surface area contributed by atoms with Crippen LogP contribution in [-0.4, -0.2) is 27.4 Å². The first-order chi connectivity index (χ1) is 10.8. The van der Waals surface area contributed by atoms with Crippen molar-refractivity contribution in [1.82, 2.24) is 14.5 Å². The molecule has 0 N–H and O–H groups in total. The van der Waals surface area contributed by atoms with Crippen molar-refractivity contribution in [2.75, 3.05) is 12.9 Å². The lowest BCUT2D eigenvalue weighted by Gasteiger charge is -2.09. The van der Waals surface area contributed by atoms with Crippen LogP contribution >= 0.6 is 11.8 Å². The largest absolute Gasteiger partial charge is 0.492 e. The standard InChI is InChI=1S/C16H15N3O2S/c1-22-13-6-4-12(5-7-13)21-10-9-19-11-18-15-14(16(19)20)3-2-8-17-15/h2-8,11H,9-10H2,1H3. The number of thioether (sulfide) groups is 1. The highest BCUT2D eigenvalue weighted by molar-refractivity contribution is 7.98. The van der Waals surface area contributed by atoms with Gasteiger partial charge in [0.05, 0.1) is 11.9 Å². The highest BCUT2D eigenvalue weighted by Gasteiger charge is 2.04. The minimum atomic E-state index is -0.0977. The summed E-state index contributed by atoms with van der Waals surface area (Å²) in [6, 6.07) is 11.3. The zero-order chi connectivity index (χ0) is 15.4. The summed E-state index contributed by atoms with van der Waals surface area (Å²) in [4.78, 5) is 21.7. The molecule has 0 bridgehead atoms. The van der Waals surface area contributed by atoms with Crippen molar-refractivity contribution < 1.29 is 4.74 Å². The number of fused-ring (bicyclic) bond motifs is 1. The number of ether oxygens (including phenoxy) is 1. The van der Waals surface area contributed by atoms with Gasteiger partial charge in [0.2, 0.25) is 0 Å². The summed E-state index contributed by atoms with van der Waals surface area (Å²) < 4.78 is 7.21. The van der Waals surface area contributed by atoms with Crippen LogP contribution in [0.25, 0.3) is 11.0 Å². The van der Waals surface area contributed by atoms with Crippen molar-refractivity contribution in [2.45, 2.75) is 11.4 Å². The predicted molar refractivity (Wildman–Crippen MR) is 87.5 cm³/mol. The Morgan fingerprint density at radius 1 is 1.18 bits per heavy atom. The van der Waals surface area contributed by atoms with Gasteiger partial charge in [-0.3, -0.25) is 9.36 Å². The monoisotopic (exact) mass is 313 g/mol. The van der Waals surface area contributed by atoms with Gasteiger partial charge in [-0.2, -0.15) is 0 Å². The third kappa shape index (κ3) is 3.12. The average molecular weight is 313 g/mol. The molecule has 0 amide bonds. The van der Waals surface area contributed by atoms with E-state index in [-0.39, 0.29) is 5.56 Å². The minimum absolute atomic E-state index is 0.0977. The second-order valence-electron chi connectivity index (χ2n) is 4.64. The fourth-order valence-electron chi connectivity index (χ4n) is 2.09. The van der Waals surface area contributed by atoms with Gasteiger partial charge in [-0.15, -0.1) is 11.8 Å². The molecule has 0 spiro atoms. The number of nitrogens with zero attached hydrogens (tertiary/aromatic N) is 3. The van der Waals surface area contributed by atoms with Crippen LogP contribution in [0.1, 0.15) is 0 Å². The summed E-state index contributed by atoms with van der Waals surface area (Å²) in [6.07, 6.45) is 5.17. The zero-order valence-electron chi connectivity index (χ0n) is 12.1. The number of rotatable bonds is 5. The molecule has 112 valence electrons. The molecule has 0 aliphatic carbocycles. The second-order valence-corrected chi connectivity index (χ2v) is 5.52. The van der Waals surface area contributed by atoms with Gasteiger partial charge in [0.1, 0.15) is 18.7 Å². The molecule has 0 radical (unpaired) electrons. The Morgan fingerprint density at radius 2 is 2.00 bits per heavy atom. The lowest BCUT2D eigenvalue weighted by atomic mass is 10.3. The molecule has 0 fully saturated rings. The molecule has 6 heteroatoms. The van der Waals surface area contributed by atoms with Crippen molar-refractivity contribution in [3.05, 3.63) is 59.3 Å². The van der Waals surface area contributed by atoms with Crippen LogP contribution in [0.5, 0.6) is 5.75 Å². The average Bonchev–Trinajstić information content (AvgIpc) is 2.58. The van der Waals surface area contributed by atoms with Gasteiger partial charge in [0.25, 0.3) is 5.56 Å². The third-order valence-electron chi connectivity index (χ3n) is 3.26. The van der Waals surface area contributed by atoms with E-state index in [2.05, 4.69) is 9.97 Å². The molecule has 0 unspecified atom stereocenters. The maximum absolute atomic E-state index is 12.3. The van der Waals surface area contributed by atoms with E-state index in [9.17, 15) is 4.79 Å². The highest BCUT2D eigenvalue weighted by atomic mass is 32.2. The number of hydrogen-bond acceptors (Lipinski definition) is 5. The van der Waals surface area contributed by atoms with Crippen LogP contribution in [-0.2, 0) is 6.54 Å². The lowest BCUT2D eigenvalue weighted by Crippen LogP contribution is -2.23. The Morgan fingerprint density at radius 3 is 2.77 bits per heavy atom. The van der Waals surface area contributed by atoms with Gasteiger partial charge in [-0.1, -0.05) is 0 Å². The minimum Gasteiger partial charge on any atom is -0.492 e. The summed E-state index contributed by atoms with van der Waals surface area (Å²) in [5.74, 6) is 0.793. The Bertz CT molecular complexity index is 831. The Hall–Kier alpha value is -2.34. The molecule has 0 saturated heterocycles. The van der Waals surface area contributed by atoms with Crippen LogP contribution in [0.3, 0.4) is 0 Å². The fraction of sp³-hybridized carbons (Fsp3) is 0.188. The molecule has 5 nitrogen and oxygen atoms in total. The molecular formula is C16H15N3O2S. The van der Waals surface area contributed by atoms with Crippen LogP contribution in [0.15, 0.2) is 58.6 Å². The van der Waals surface area contributed by atoms with Crippen molar-refractivity contribution in [3.8, 4) is 5.75 Å². The molecule has 3 rings (SSSR count). The smallest absolute Gasteiger partial charge is 0.262 e. The van der Waals surface area contributed by atoms with E-state index in [1.54, 1.807) is 34.7 Å². The molecule has 2 aromatic heterocycles. The Labute approximate surface area is 132 Å². The molecule has 0 aliphatic rings. The van der Waals surface area contributed by atoms with Gasteiger partial charge in [0, 0.05) is 11.1 Å². The number of aromatic nitrogens is 3. The first kappa shape index (κ1) is 14.6. The molecule has 3 aromatic rings. The summed E-state index contributed by atoms with van der Waals surface area (Å²) in [6.45, 7) is 0.854. The molecule has 2 heterocycles. The third-order valence-corrected chi connectivity index (χ3v) is 4.00. The lowest BCUT2D eigenvalue weighted by molar-refractivity contribution is 0.296. The van der Waals surface area contributed by atoms with Gasteiger partial charge < -0.3 is 4.74 Å². The van der Waals surface area contributed by atoms with Crippen LogP contribution in [0, 0.1) is 0 Å². The van der Waals surface area contributed by atoms with Crippen molar-refractivity contribution in [1.29, 1.82) is 0 Å². The molecule has 0 atom stereocenters. The molecule has 22 heavy (non-hydrogen) atoms. The van der Waals surface area contributed by atoms with E-state index in [0.29, 0.717) is 24.2 Å². The highest BCUT2D eigenvalue weighted by Crippen LogP contribution is 2.18. The quantitative estimate of drug-likeness (QED) is 0.678. The van der Waals surface area contributed by atoms with E-state index < -0.39 is 0 Å². The van der Waals surface area contributed by atoms with Crippen LogP contribution < -0.4 is 10.3 Å². The molecular weight excluding hydrogens is 298 g/mol. The van der Waals surface area contributed by atoms with Crippen molar-refractivity contribution in [3.63, 3.8) is 0 Å². The Balaban J connectivity index is 1.68. The van der Waals surface area contributed by atoms with Crippen molar-refractivity contribution in [2.24, 2.45) is 0 Å². The van der Waals surface area contributed by atoms with E-state index in [0.717, 1.165) is 5.75 Å². The van der Waals surface area contributed by atoms with Gasteiger partial charge in [0.15, 0.2) is 5.65 Å². The predicted octanol–water partition coefficient (Wildman–Crippen LogP) is 2.59. The second kappa shape index (κ2) is 6.62. The van der Waals surface area contributed by atoms with Gasteiger partial charge in [-0.05, 0) is 42.7 Å². The van der Waals surface area contributed by atoms with Crippen LogP contribution in [0.2, 0.25) is 0 Å². The zero-order valence-corrected chi connectivity index (χ0v) is 12.9. The molecule has 0 aliphatic heterocycles. The molecule has 0 saturated carbocycles. The van der Waals surface area contributed by atoms with Gasteiger partial charge >= 0.3 is 0 Å². The van der Waals surface area contributed by atoms with E-state index in [1.165, 1.54) is 11.2 Å². The normalized spacial score (nSPS) is 10.8. The Kier molecular flexibility index (Phi) is 4.39. The summed E-state index contributed by atoms with van der Waals surface area (Å²) in [5, 5.41) is 0.523. The SMILES string of the molecule is CSc1ccc(OCCn2cnc3ncccc3c2=O)cc1. The number of pyridine rings is 1.